The van der Waals surface area contributed by atoms with Crippen LogP contribution in [0, 0.1) is 11.3 Å². The van der Waals surface area contributed by atoms with Crippen LogP contribution in [-0.4, -0.2) is 19.2 Å². The number of nitriles is 1. The van der Waals surface area contributed by atoms with Crippen molar-refractivity contribution in [2.45, 2.75) is 0 Å². The molecule has 2 aromatic carbocycles. The molecule has 0 amide bonds. The van der Waals surface area contributed by atoms with Crippen molar-refractivity contribution in [3.8, 4) is 28.8 Å². The predicted octanol–water partition coefficient (Wildman–Crippen LogP) is 5.46. The van der Waals surface area contributed by atoms with E-state index in [1.807, 2.05) is 29.6 Å². The Labute approximate surface area is 166 Å². The molecule has 1 heterocycles. The molecule has 3 rings (SSSR count). The number of nitrogens with zero attached hydrogens (tertiary/aromatic N) is 2. The Balaban J connectivity index is 1.86. The molecule has 0 aliphatic carbocycles. The molecule has 1 aromatic heterocycles. The summed E-state index contributed by atoms with van der Waals surface area (Å²) in [4.78, 5) is 4.57. The van der Waals surface area contributed by atoms with Crippen LogP contribution in [0.5, 0.6) is 11.5 Å². The highest BCUT2D eigenvalue weighted by Crippen LogP contribution is 2.30. The fourth-order valence-electron chi connectivity index (χ4n) is 2.40. The highest BCUT2D eigenvalue weighted by Gasteiger charge is 2.10. The van der Waals surface area contributed by atoms with Crippen LogP contribution in [0.1, 0.15) is 5.01 Å². The molecule has 136 valence electrons. The van der Waals surface area contributed by atoms with Crippen LogP contribution < -0.4 is 14.8 Å². The van der Waals surface area contributed by atoms with E-state index in [4.69, 9.17) is 21.1 Å². The minimum atomic E-state index is 0.413. The van der Waals surface area contributed by atoms with Gasteiger partial charge in [0.2, 0.25) is 0 Å². The Morgan fingerprint density at radius 3 is 2.81 bits per heavy atom. The van der Waals surface area contributed by atoms with Gasteiger partial charge in [0.05, 0.1) is 25.6 Å². The van der Waals surface area contributed by atoms with Crippen molar-refractivity contribution in [3.05, 3.63) is 64.1 Å². The number of halogens is 1. The molecule has 0 spiro atoms. The number of ether oxygens (including phenoxy) is 2. The third-order valence-electron chi connectivity index (χ3n) is 3.75. The van der Waals surface area contributed by atoms with E-state index in [1.54, 1.807) is 38.6 Å². The molecule has 0 fully saturated rings. The van der Waals surface area contributed by atoms with Crippen LogP contribution in [0.4, 0.5) is 5.69 Å². The van der Waals surface area contributed by atoms with Gasteiger partial charge < -0.3 is 14.8 Å². The van der Waals surface area contributed by atoms with Crippen molar-refractivity contribution in [1.29, 1.82) is 5.26 Å². The Morgan fingerprint density at radius 2 is 2.07 bits per heavy atom. The van der Waals surface area contributed by atoms with E-state index in [0.717, 1.165) is 17.0 Å². The summed E-state index contributed by atoms with van der Waals surface area (Å²) in [6.07, 6.45) is 1.60. The largest absolute Gasteiger partial charge is 0.497 e. The minimum absolute atomic E-state index is 0.413. The molecule has 0 unspecified atom stereocenters. The molecular formula is C20H16ClN3O2S. The number of anilines is 1. The number of nitrogens with one attached hydrogen (secondary N) is 1. The first-order chi connectivity index (χ1) is 13.1. The number of aromatic nitrogens is 1. The summed E-state index contributed by atoms with van der Waals surface area (Å²) >= 11 is 7.43. The van der Waals surface area contributed by atoms with E-state index in [1.165, 1.54) is 11.3 Å². The molecule has 0 atom stereocenters. The van der Waals surface area contributed by atoms with Crippen LogP contribution in [0.3, 0.4) is 0 Å². The van der Waals surface area contributed by atoms with Gasteiger partial charge in [-0.2, -0.15) is 5.26 Å². The Bertz CT molecular complexity index is 1020. The highest BCUT2D eigenvalue weighted by atomic mass is 35.5. The minimum Gasteiger partial charge on any atom is -0.497 e. The van der Waals surface area contributed by atoms with Gasteiger partial charge in [-0.1, -0.05) is 23.7 Å². The molecule has 0 aliphatic rings. The number of methoxy groups -OCH3 is 2. The third-order valence-corrected chi connectivity index (χ3v) is 4.86. The Morgan fingerprint density at radius 1 is 1.22 bits per heavy atom. The molecule has 0 saturated heterocycles. The van der Waals surface area contributed by atoms with Gasteiger partial charge in [0.1, 0.15) is 28.1 Å². The topological polar surface area (TPSA) is 67.2 Å². The first-order valence-corrected chi connectivity index (χ1v) is 9.21. The van der Waals surface area contributed by atoms with E-state index in [9.17, 15) is 5.26 Å². The van der Waals surface area contributed by atoms with Gasteiger partial charge in [-0.25, -0.2) is 4.98 Å². The molecule has 5 nitrogen and oxygen atoms in total. The summed E-state index contributed by atoms with van der Waals surface area (Å²) < 4.78 is 10.5. The van der Waals surface area contributed by atoms with Crippen LogP contribution in [0.25, 0.3) is 16.8 Å². The Hall–Kier alpha value is -3.01. The van der Waals surface area contributed by atoms with Crippen molar-refractivity contribution in [3.63, 3.8) is 0 Å². The second kappa shape index (κ2) is 8.58. The number of allylic oxidation sites excluding steroid dienone is 1. The summed E-state index contributed by atoms with van der Waals surface area (Å²) in [6.45, 7) is 0. The van der Waals surface area contributed by atoms with Gasteiger partial charge in [0.15, 0.2) is 0 Å². The lowest BCUT2D eigenvalue weighted by molar-refractivity contribution is 0.415. The lowest BCUT2D eigenvalue weighted by Crippen LogP contribution is -1.95. The van der Waals surface area contributed by atoms with Crippen LogP contribution in [-0.2, 0) is 0 Å². The molecule has 27 heavy (non-hydrogen) atoms. The number of hydrogen-bond acceptors (Lipinski definition) is 6. The quantitative estimate of drug-likeness (QED) is 0.559. The highest BCUT2D eigenvalue weighted by molar-refractivity contribution is 7.11. The normalized spacial score (nSPS) is 11.0. The summed E-state index contributed by atoms with van der Waals surface area (Å²) in [6, 6.07) is 15.0. The maximum absolute atomic E-state index is 9.53. The van der Waals surface area contributed by atoms with E-state index >= 15 is 0 Å². The van der Waals surface area contributed by atoms with E-state index < -0.39 is 0 Å². The van der Waals surface area contributed by atoms with Crippen LogP contribution in [0.15, 0.2) is 54.0 Å². The van der Waals surface area contributed by atoms with Gasteiger partial charge in [-0.3, -0.25) is 0 Å². The molecule has 1 N–H and O–H groups in total. The zero-order chi connectivity index (χ0) is 19.2. The number of benzene rings is 2. The molecular weight excluding hydrogens is 382 g/mol. The molecule has 0 bridgehead atoms. The fraction of sp³-hybridized carbons (Fsp3) is 0.100. The van der Waals surface area contributed by atoms with E-state index in [2.05, 4.69) is 16.4 Å². The standard InChI is InChI=1S/C20H16ClN3O2S/c1-25-16-5-3-4-13(8-16)18-12-27-20(24-18)14(10-22)11-23-17-9-15(21)6-7-19(17)26-2/h3-9,11-12,23H,1-2H3/b14-11-. The molecule has 7 heteroatoms. The zero-order valence-electron chi connectivity index (χ0n) is 14.7. The van der Waals surface area contributed by atoms with Crippen LogP contribution >= 0.6 is 22.9 Å². The second-order valence-electron chi connectivity index (χ2n) is 5.43. The van der Waals surface area contributed by atoms with Gasteiger partial charge in [-0.05, 0) is 30.3 Å². The smallest absolute Gasteiger partial charge is 0.142 e. The molecule has 0 saturated carbocycles. The maximum Gasteiger partial charge on any atom is 0.142 e. The number of thiazole rings is 1. The van der Waals surface area contributed by atoms with Gasteiger partial charge >= 0.3 is 0 Å². The van der Waals surface area contributed by atoms with Crippen molar-refractivity contribution in [2.75, 3.05) is 19.5 Å². The first kappa shape index (κ1) is 18.8. The summed E-state index contributed by atoms with van der Waals surface area (Å²) in [5.74, 6) is 1.39. The SMILES string of the molecule is COc1cccc(-c2csc(/C(C#N)=C\Nc3cc(Cl)ccc3OC)n2)c1. The van der Waals surface area contributed by atoms with Gasteiger partial charge in [-0.15, -0.1) is 11.3 Å². The summed E-state index contributed by atoms with van der Waals surface area (Å²) in [5, 5.41) is 15.7. The average molecular weight is 398 g/mol. The molecule has 0 radical (unpaired) electrons. The van der Waals surface area contributed by atoms with Crippen molar-refractivity contribution < 1.29 is 9.47 Å². The zero-order valence-corrected chi connectivity index (χ0v) is 16.3. The average Bonchev–Trinajstić information content (AvgIpc) is 3.19. The Kier molecular flexibility index (Phi) is 5.97. The van der Waals surface area contributed by atoms with Crippen molar-refractivity contribution >= 4 is 34.2 Å². The van der Waals surface area contributed by atoms with Gasteiger partial charge in [0, 0.05) is 22.2 Å². The van der Waals surface area contributed by atoms with E-state index in [-0.39, 0.29) is 0 Å². The number of rotatable bonds is 6. The summed E-state index contributed by atoms with van der Waals surface area (Å²) in [7, 11) is 3.20. The summed E-state index contributed by atoms with van der Waals surface area (Å²) in [5.41, 5.74) is 2.80. The van der Waals surface area contributed by atoms with E-state index in [0.29, 0.717) is 27.0 Å². The molecule has 3 aromatic rings. The van der Waals surface area contributed by atoms with Crippen LogP contribution in [0.2, 0.25) is 5.02 Å². The molecule has 0 aliphatic heterocycles. The van der Waals surface area contributed by atoms with Gasteiger partial charge in [0.25, 0.3) is 0 Å². The van der Waals surface area contributed by atoms with Crippen molar-refractivity contribution in [2.24, 2.45) is 0 Å². The van der Waals surface area contributed by atoms with Crippen molar-refractivity contribution in [1.82, 2.24) is 4.98 Å². The lowest BCUT2D eigenvalue weighted by Gasteiger charge is -2.08. The second-order valence-corrected chi connectivity index (χ2v) is 6.72. The monoisotopic (exact) mass is 397 g/mol. The first-order valence-electron chi connectivity index (χ1n) is 7.95. The third kappa shape index (κ3) is 4.40. The maximum atomic E-state index is 9.53. The predicted molar refractivity (Wildman–Crippen MR) is 109 cm³/mol. The number of hydrogen-bond donors (Lipinski definition) is 1. The fourth-order valence-corrected chi connectivity index (χ4v) is 3.36. The lowest BCUT2D eigenvalue weighted by atomic mass is 10.1.